The quantitative estimate of drug-likeness (QED) is 0.823. The van der Waals surface area contributed by atoms with E-state index in [0.29, 0.717) is 5.56 Å². The van der Waals surface area contributed by atoms with Crippen LogP contribution < -0.4 is 5.73 Å². The largest absolute Gasteiger partial charge is 0.465 e. The third kappa shape index (κ3) is 2.31. The van der Waals surface area contributed by atoms with E-state index < -0.39 is 38.3 Å². The zero-order valence-corrected chi connectivity index (χ0v) is 12.0. The fourth-order valence-electron chi connectivity index (χ4n) is 2.60. The van der Waals surface area contributed by atoms with Gasteiger partial charge in [-0.05, 0) is 24.6 Å². The molecule has 110 valence electrons. The van der Waals surface area contributed by atoms with Crippen molar-refractivity contribution in [3.05, 3.63) is 35.6 Å². The average Bonchev–Trinajstić information content (AvgIpc) is 2.99. The summed E-state index contributed by atoms with van der Waals surface area (Å²) < 4.78 is 41.4. The maximum Gasteiger partial charge on any atom is 0.328 e. The Morgan fingerprint density at radius 1 is 1.40 bits per heavy atom. The predicted molar refractivity (Wildman–Crippen MR) is 71.3 cm³/mol. The van der Waals surface area contributed by atoms with Gasteiger partial charge in [-0.3, -0.25) is 0 Å². The summed E-state index contributed by atoms with van der Waals surface area (Å²) in [7, 11) is -3.53. The lowest BCUT2D eigenvalue weighted by Crippen LogP contribution is -2.41. The molecular weight excluding hydrogens is 285 g/mol. The predicted octanol–water partition coefficient (Wildman–Crippen LogP) is 0.597. The van der Waals surface area contributed by atoms with E-state index >= 15 is 0 Å². The minimum absolute atomic E-state index is 0.115. The van der Waals surface area contributed by atoms with Gasteiger partial charge in [0.2, 0.25) is 0 Å². The van der Waals surface area contributed by atoms with Gasteiger partial charge < -0.3 is 10.5 Å². The number of benzene rings is 1. The van der Waals surface area contributed by atoms with Crippen molar-refractivity contribution in [2.45, 2.75) is 23.6 Å². The summed E-state index contributed by atoms with van der Waals surface area (Å²) >= 11 is 0. The molecule has 2 N–H and O–H groups in total. The first-order valence-electron chi connectivity index (χ1n) is 6.13. The van der Waals surface area contributed by atoms with E-state index in [1.54, 1.807) is 6.92 Å². The lowest BCUT2D eigenvalue weighted by atomic mass is 10.1. The van der Waals surface area contributed by atoms with E-state index in [1.807, 2.05) is 0 Å². The van der Waals surface area contributed by atoms with Crippen LogP contribution >= 0.6 is 0 Å². The molecule has 0 spiro atoms. The van der Waals surface area contributed by atoms with Gasteiger partial charge in [0, 0.05) is 12.2 Å². The highest BCUT2D eigenvalue weighted by atomic mass is 32.2. The minimum Gasteiger partial charge on any atom is -0.465 e. The van der Waals surface area contributed by atoms with Crippen LogP contribution in [0.15, 0.2) is 24.3 Å². The summed E-state index contributed by atoms with van der Waals surface area (Å²) in [4.78, 5) is 11.9. The third-order valence-corrected chi connectivity index (χ3v) is 5.08. The van der Waals surface area contributed by atoms with Gasteiger partial charge in [-0.1, -0.05) is 12.1 Å². The fourth-order valence-corrected chi connectivity index (χ4v) is 4.35. The molecule has 20 heavy (non-hydrogen) atoms. The molecule has 2 rings (SSSR count). The summed E-state index contributed by atoms with van der Waals surface area (Å²) in [5.74, 6) is -1.90. The van der Waals surface area contributed by atoms with Crippen LogP contribution in [0.3, 0.4) is 0 Å². The zero-order valence-electron chi connectivity index (χ0n) is 11.2. The zero-order chi connectivity index (χ0) is 15.1. The molecule has 1 aromatic rings. The number of carbonyl (C=O) groups excluding carboxylic acids is 1. The smallest absolute Gasteiger partial charge is 0.328 e. The van der Waals surface area contributed by atoms with Gasteiger partial charge in [0.15, 0.2) is 9.84 Å². The first-order chi connectivity index (χ1) is 9.22. The molecule has 0 amide bonds. The Morgan fingerprint density at radius 2 is 1.95 bits per heavy atom. The van der Waals surface area contributed by atoms with Crippen LogP contribution in [0.1, 0.15) is 18.4 Å². The van der Waals surface area contributed by atoms with E-state index in [2.05, 4.69) is 0 Å². The fraction of sp³-hybridized carbons (Fsp3) is 0.462. The van der Waals surface area contributed by atoms with Crippen molar-refractivity contribution in [2.75, 3.05) is 12.9 Å². The van der Waals surface area contributed by atoms with Crippen molar-refractivity contribution >= 4 is 15.8 Å². The second-order valence-electron chi connectivity index (χ2n) is 4.93. The average molecular weight is 301 g/mol. The van der Waals surface area contributed by atoms with Crippen molar-refractivity contribution in [1.29, 1.82) is 0 Å². The molecule has 7 heteroatoms. The molecule has 1 aliphatic carbocycles. The monoisotopic (exact) mass is 301 g/mol. The summed E-state index contributed by atoms with van der Waals surface area (Å²) in [6.07, 6.45) is 1.03. The van der Waals surface area contributed by atoms with Crippen LogP contribution in [0.5, 0.6) is 0 Å². The van der Waals surface area contributed by atoms with Gasteiger partial charge in [-0.15, -0.1) is 0 Å². The van der Waals surface area contributed by atoms with Crippen LogP contribution in [-0.4, -0.2) is 38.0 Å². The number of esters is 1. The van der Waals surface area contributed by atoms with Crippen molar-refractivity contribution in [3.63, 3.8) is 0 Å². The van der Waals surface area contributed by atoms with E-state index in [1.165, 1.54) is 24.3 Å². The first kappa shape index (κ1) is 14.9. The Balaban J connectivity index is 2.41. The molecule has 0 heterocycles. The van der Waals surface area contributed by atoms with E-state index in [-0.39, 0.29) is 6.61 Å². The Bertz CT molecular complexity index is 628. The maximum absolute atomic E-state index is 12.9. The number of hydrogen-bond donors (Lipinski definition) is 1. The number of halogens is 1. The highest BCUT2D eigenvalue weighted by molar-refractivity contribution is 7.91. The molecule has 0 radical (unpaired) electrons. The van der Waals surface area contributed by atoms with Gasteiger partial charge >= 0.3 is 5.97 Å². The van der Waals surface area contributed by atoms with Crippen LogP contribution in [-0.2, 0) is 19.4 Å². The number of nitrogens with two attached hydrogens (primary N) is 1. The highest BCUT2D eigenvalue weighted by Crippen LogP contribution is 2.54. The van der Waals surface area contributed by atoms with Gasteiger partial charge in [0.1, 0.15) is 11.4 Å². The lowest BCUT2D eigenvalue weighted by molar-refractivity contribution is -0.145. The number of carbonyl (C=O) groups is 1. The van der Waals surface area contributed by atoms with Gasteiger partial charge in [-0.25, -0.2) is 17.6 Å². The van der Waals surface area contributed by atoms with Crippen LogP contribution in [0, 0.1) is 5.82 Å². The molecule has 1 fully saturated rings. The van der Waals surface area contributed by atoms with Gasteiger partial charge in [0.25, 0.3) is 0 Å². The van der Waals surface area contributed by atoms with Crippen molar-refractivity contribution in [1.82, 2.24) is 0 Å². The second kappa shape index (κ2) is 4.82. The minimum atomic E-state index is -3.53. The molecule has 1 saturated carbocycles. The summed E-state index contributed by atoms with van der Waals surface area (Å²) in [5.41, 5.74) is 4.89. The molecule has 0 unspecified atom stereocenters. The Labute approximate surface area is 116 Å². The summed E-state index contributed by atoms with van der Waals surface area (Å²) in [6, 6.07) is 5.29. The molecule has 1 aliphatic rings. The molecule has 0 aliphatic heterocycles. The molecular formula is C13H16FNO4S. The van der Waals surface area contributed by atoms with Crippen LogP contribution in [0.2, 0.25) is 0 Å². The Kier molecular flexibility index (Phi) is 3.60. The SMILES string of the molecule is CCOC(=O)[C@@]1(N)[C@@H](c2ccc(F)cc2)[C@@H]1S(C)(=O)=O. The van der Waals surface area contributed by atoms with Crippen molar-refractivity contribution in [3.8, 4) is 0 Å². The molecule has 3 atom stereocenters. The number of rotatable bonds is 4. The lowest BCUT2D eigenvalue weighted by Gasteiger charge is -2.10. The first-order valence-corrected chi connectivity index (χ1v) is 8.08. The normalized spacial score (nSPS) is 29.0. The number of hydrogen-bond acceptors (Lipinski definition) is 5. The van der Waals surface area contributed by atoms with Crippen LogP contribution in [0.25, 0.3) is 0 Å². The van der Waals surface area contributed by atoms with E-state index in [4.69, 9.17) is 10.5 Å². The topological polar surface area (TPSA) is 86.5 Å². The Hall–Kier alpha value is -1.47. The Morgan fingerprint density at radius 3 is 2.40 bits per heavy atom. The number of sulfone groups is 1. The van der Waals surface area contributed by atoms with E-state index in [0.717, 1.165) is 6.26 Å². The van der Waals surface area contributed by atoms with Crippen LogP contribution in [0.4, 0.5) is 4.39 Å². The molecule has 0 aromatic heterocycles. The van der Waals surface area contributed by atoms with Crippen molar-refractivity contribution in [2.24, 2.45) is 5.73 Å². The molecule has 5 nitrogen and oxygen atoms in total. The maximum atomic E-state index is 12.9. The van der Waals surface area contributed by atoms with Crippen molar-refractivity contribution < 1.29 is 22.3 Å². The molecule has 1 aromatic carbocycles. The third-order valence-electron chi connectivity index (χ3n) is 3.50. The molecule has 0 saturated heterocycles. The molecule has 0 bridgehead atoms. The number of ether oxygens (including phenoxy) is 1. The summed E-state index contributed by atoms with van der Waals surface area (Å²) in [6.45, 7) is 1.73. The second-order valence-corrected chi connectivity index (χ2v) is 7.10. The highest BCUT2D eigenvalue weighted by Gasteiger charge is 2.73. The van der Waals surface area contributed by atoms with E-state index in [9.17, 15) is 17.6 Å². The van der Waals surface area contributed by atoms with Gasteiger partial charge in [0.05, 0.1) is 11.9 Å². The van der Waals surface area contributed by atoms with Gasteiger partial charge in [-0.2, -0.15) is 0 Å². The summed E-state index contributed by atoms with van der Waals surface area (Å²) in [5, 5.41) is -1.04. The standard InChI is InChI=1S/C13H16FNO4S/c1-3-19-12(16)13(15)10(11(13)20(2,17)18)8-4-6-9(14)7-5-8/h4-7,10-11H,3,15H2,1-2H3/t10-,11-,13+/m0/s1.